The van der Waals surface area contributed by atoms with Crippen molar-refractivity contribution in [1.82, 2.24) is 14.5 Å². The van der Waals surface area contributed by atoms with Gasteiger partial charge in [-0.05, 0) is 17.7 Å². The van der Waals surface area contributed by atoms with Gasteiger partial charge in [-0.3, -0.25) is 4.79 Å². The number of hydrogen-bond donors (Lipinski definition) is 3. The van der Waals surface area contributed by atoms with Gasteiger partial charge in [0.25, 0.3) is 0 Å². The molecule has 7 heteroatoms. The van der Waals surface area contributed by atoms with E-state index in [2.05, 4.69) is 15.3 Å². The minimum atomic E-state index is -0.227. The SMILES string of the molecule is CC(=O)Nc1cc(Cn2ccnc2)c2cc(N)cc(O)c2n1. The van der Waals surface area contributed by atoms with Gasteiger partial charge in [0.15, 0.2) is 0 Å². The summed E-state index contributed by atoms with van der Waals surface area (Å²) >= 11 is 0. The average Bonchev–Trinajstić information content (AvgIpc) is 2.92. The summed E-state index contributed by atoms with van der Waals surface area (Å²) in [5.41, 5.74) is 7.53. The average molecular weight is 297 g/mol. The summed E-state index contributed by atoms with van der Waals surface area (Å²) in [6.45, 7) is 1.93. The van der Waals surface area contributed by atoms with Crippen LogP contribution in [0.25, 0.3) is 10.9 Å². The van der Waals surface area contributed by atoms with E-state index in [1.807, 2.05) is 10.8 Å². The number of amides is 1. The van der Waals surface area contributed by atoms with Gasteiger partial charge < -0.3 is 20.7 Å². The molecular formula is C15H15N5O2. The minimum Gasteiger partial charge on any atom is -0.506 e. The quantitative estimate of drug-likeness (QED) is 0.638. The van der Waals surface area contributed by atoms with Crippen LogP contribution < -0.4 is 11.1 Å². The van der Waals surface area contributed by atoms with Crippen LogP contribution in [0.15, 0.2) is 36.9 Å². The molecule has 3 rings (SSSR count). The van der Waals surface area contributed by atoms with E-state index >= 15 is 0 Å². The number of phenolic OH excluding ortho intramolecular Hbond substituents is 1. The van der Waals surface area contributed by atoms with Crippen LogP contribution in [0, 0.1) is 0 Å². The molecule has 4 N–H and O–H groups in total. The first-order valence-electron chi connectivity index (χ1n) is 6.68. The Balaban J connectivity index is 2.19. The Hall–Kier alpha value is -3.09. The third-order valence-corrected chi connectivity index (χ3v) is 3.22. The fourth-order valence-electron chi connectivity index (χ4n) is 2.35. The molecule has 2 heterocycles. The van der Waals surface area contributed by atoms with E-state index in [1.54, 1.807) is 24.7 Å². The lowest BCUT2D eigenvalue weighted by atomic mass is 10.1. The number of carbonyl (C=O) groups excluding carboxylic acids is 1. The molecular weight excluding hydrogens is 282 g/mol. The Morgan fingerprint density at radius 1 is 1.41 bits per heavy atom. The van der Waals surface area contributed by atoms with Crippen molar-refractivity contribution in [2.45, 2.75) is 13.5 Å². The van der Waals surface area contributed by atoms with Crippen molar-refractivity contribution in [3.05, 3.63) is 42.5 Å². The molecule has 0 aliphatic heterocycles. The summed E-state index contributed by atoms with van der Waals surface area (Å²) in [5.74, 6) is 0.139. The molecule has 0 unspecified atom stereocenters. The molecule has 112 valence electrons. The first-order valence-corrected chi connectivity index (χ1v) is 6.68. The highest BCUT2D eigenvalue weighted by Crippen LogP contribution is 2.31. The topological polar surface area (TPSA) is 106 Å². The van der Waals surface area contributed by atoms with E-state index in [0.717, 1.165) is 10.9 Å². The molecule has 0 fully saturated rings. The van der Waals surface area contributed by atoms with Crippen LogP contribution in [0.4, 0.5) is 11.5 Å². The number of nitrogens with two attached hydrogens (primary N) is 1. The lowest BCUT2D eigenvalue weighted by Crippen LogP contribution is -2.09. The summed E-state index contributed by atoms with van der Waals surface area (Å²) < 4.78 is 1.88. The third kappa shape index (κ3) is 2.69. The zero-order valence-corrected chi connectivity index (χ0v) is 11.9. The number of anilines is 2. The van der Waals surface area contributed by atoms with Gasteiger partial charge in [-0.25, -0.2) is 9.97 Å². The van der Waals surface area contributed by atoms with Gasteiger partial charge in [0.1, 0.15) is 17.1 Å². The number of rotatable bonds is 3. The lowest BCUT2D eigenvalue weighted by molar-refractivity contribution is -0.114. The fraction of sp³-hybridized carbons (Fsp3) is 0.133. The van der Waals surface area contributed by atoms with Gasteiger partial charge in [0.2, 0.25) is 5.91 Å². The van der Waals surface area contributed by atoms with Gasteiger partial charge in [-0.1, -0.05) is 0 Å². The van der Waals surface area contributed by atoms with Crippen molar-refractivity contribution in [2.24, 2.45) is 0 Å². The van der Waals surface area contributed by atoms with Crippen LogP contribution in [0.5, 0.6) is 5.75 Å². The molecule has 0 bridgehead atoms. The molecule has 7 nitrogen and oxygen atoms in total. The maximum absolute atomic E-state index is 11.3. The van der Waals surface area contributed by atoms with Crippen LogP contribution in [0.3, 0.4) is 0 Å². The standard InChI is InChI=1S/C15H15N5O2/c1-9(21)18-14-4-10(7-20-3-2-17-8-20)12-5-11(16)6-13(22)15(12)19-14/h2-6,8,22H,7,16H2,1H3,(H,18,19,21). The first-order chi connectivity index (χ1) is 10.5. The predicted octanol–water partition coefficient (Wildman–Crippen LogP) is 1.73. The summed E-state index contributed by atoms with van der Waals surface area (Å²) in [4.78, 5) is 19.6. The van der Waals surface area contributed by atoms with Gasteiger partial charge in [-0.15, -0.1) is 0 Å². The second kappa shape index (κ2) is 5.36. The molecule has 0 saturated carbocycles. The van der Waals surface area contributed by atoms with Crippen LogP contribution in [0.2, 0.25) is 0 Å². The largest absolute Gasteiger partial charge is 0.506 e. The highest BCUT2D eigenvalue weighted by molar-refractivity contribution is 5.94. The van der Waals surface area contributed by atoms with E-state index in [4.69, 9.17) is 5.73 Å². The van der Waals surface area contributed by atoms with E-state index in [9.17, 15) is 9.90 Å². The molecule has 1 amide bonds. The van der Waals surface area contributed by atoms with E-state index in [0.29, 0.717) is 23.6 Å². The second-order valence-corrected chi connectivity index (χ2v) is 5.02. The Kier molecular flexibility index (Phi) is 3.38. The maximum Gasteiger partial charge on any atom is 0.222 e. The molecule has 0 aliphatic carbocycles. The monoisotopic (exact) mass is 297 g/mol. The number of aromatic hydroxyl groups is 1. The van der Waals surface area contributed by atoms with Gasteiger partial charge in [0.05, 0.1) is 6.33 Å². The summed E-state index contributed by atoms with van der Waals surface area (Å²) in [5, 5.41) is 13.5. The smallest absolute Gasteiger partial charge is 0.222 e. The number of nitrogens with one attached hydrogen (secondary N) is 1. The zero-order chi connectivity index (χ0) is 15.7. The summed E-state index contributed by atoms with van der Waals surface area (Å²) in [6, 6.07) is 4.96. The third-order valence-electron chi connectivity index (χ3n) is 3.22. The maximum atomic E-state index is 11.3. The van der Waals surface area contributed by atoms with Crippen LogP contribution in [0.1, 0.15) is 12.5 Å². The first kappa shape index (κ1) is 13.9. The second-order valence-electron chi connectivity index (χ2n) is 5.02. The lowest BCUT2D eigenvalue weighted by Gasteiger charge is -2.12. The van der Waals surface area contributed by atoms with Crippen molar-refractivity contribution in [3.8, 4) is 5.75 Å². The van der Waals surface area contributed by atoms with Gasteiger partial charge >= 0.3 is 0 Å². The number of hydrogen-bond acceptors (Lipinski definition) is 5. The minimum absolute atomic E-state index is 0.0194. The highest BCUT2D eigenvalue weighted by atomic mass is 16.3. The van der Waals surface area contributed by atoms with Crippen molar-refractivity contribution < 1.29 is 9.90 Å². The van der Waals surface area contributed by atoms with E-state index in [-0.39, 0.29) is 11.7 Å². The van der Waals surface area contributed by atoms with Crippen LogP contribution in [-0.4, -0.2) is 25.5 Å². The molecule has 2 aromatic heterocycles. The molecule has 0 radical (unpaired) electrons. The van der Waals surface area contributed by atoms with Gasteiger partial charge in [-0.2, -0.15) is 0 Å². The molecule has 0 aliphatic rings. The van der Waals surface area contributed by atoms with E-state index in [1.165, 1.54) is 13.0 Å². The molecule has 1 aromatic carbocycles. The van der Waals surface area contributed by atoms with Gasteiger partial charge in [0, 0.05) is 43.0 Å². The molecule has 3 aromatic rings. The number of aromatic nitrogens is 3. The zero-order valence-electron chi connectivity index (χ0n) is 11.9. The number of benzene rings is 1. The normalized spacial score (nSPS) is 10.8. The van der Waals surface area contributed by atoms with Crippen molar-refractivity contribution in [1.29, 1.82) is 0 Å². The number of pyridine rings is 1. The Labute approximate surface area is 126 Å². The number of imidazole rings is 1. The Morgan fingerprint density at radius 3 is 2.91 bits per heavy atom. The number of carbonyl (C=O) groups is 1. The number of nitrogen functional groups attached to an aromatic ring is 1. The Bertz CT molecular complexity index is 843. The number of fused-ring (bicyclic) bond motifs is 1. The molecule has 0 atom stereocenters. The number of nitrogens with zero attached hydrogens (tertiary/aromatic N) is 3. The molecule has 22 heavy (non-hydrogen) atoms. The number of phenols is 1. The van der Waals surface area contributed by atoms with Crippen molar-refractivity contribution in [3.63, 3.8) is 0 Å². The summed E-state index contributed by atoms with van der Waals surface area (Å²) in [7, 11) is 0. The fourth-order valence-corrected chi connectivity index (χ4v) is 2.35. The van der Waals surface area contributed by atoms with Crippen molar-refractivity contribution in [2.75, 3.05) is 11.1 Å². The van der Waals surface area contributed by atoms with Crippen molar-refractivity contribution >= 4 is 28.3 Å². The van der Waals surface area contributed by atoms with E-state index < -0.39 is 0 Å². The Morgan fingerprint density at radius 2 is 2.23 bits per heavy atom. The van der Waals surface area contributed by atoms with Crippen LogP contribution in [-0.2, 0) is 11.3 Å². The molecule has 0 saturated heterocycles. The molecule has 0 spiro atoms. The summed E-state index contributed by atoms with van der Waals surface area (Å²) in [6.07, 6.45) is 5.21. The predicted molar refractivity (Wildman–Crippen MR) is 83.5 cm³/mol. The van der Waals surface area contributed by atoms with Crippen LogP contribution >= 0.6 is 0 Å². The highest BCUT2D eigenvalue weighted by Gasteiger charge is 2.12.